The van der Waals surface area contributed by atoms with Gasteiger partial charge in [-0.25, -0.2) is 13.2 Å². The molecule has 0 fully saturated rings. The molecule has 8 nitrogen and oxygen atoms in total. The summed E-state index contributed by atoms with van der Waals surface area (Å²) >= 11 is 6.12. The average molecular weight is 469 g/mol. The fourth-order valence-corrected chi connectivity index (χ4v) is 4.32. The molecular formula is C21H25ClN2O6S. The van der Waals surface area contributed by atoms with Crippen molar-refractivity contribution in [2.45, 2.75) is 38.7 Å². The minimum atomic E-state index is -3.73. The van der Waals surface area contributed by atoms with Crippen molar-refractivity contribution in [1.29, 1.82) is 0 Å². The van der Waals surface area contributed by atoms with Crippen LogP contribution in [0.4, 0.5) is 5.69 Å². The van der Waals surface area contributed by atoms with E-state index in [0.717, 1.165) is 6.08 Å². The Labute approximate surface area is 186 Å². The van der Waals surface area contributed by atoms with Gasteiger partial charge in [0.1, 0.15) is 11.5 Å². The maximum absolute atomic E-state index is 12.7. The molecule has 1 heterocycles. The molecule has 0 aliphatic rings. The zero-order valence-electron chi connectivity index (χ0n) is 17.7. The number of carbonyl (C=O) groups is 2. The molecule has 1 unspecified atom stereocenters. The average Bonchev–Trinajstić information content (AvgIpc) is 3.13. The first-order valence-electron chi connectivity index (χ1n) is 9.64. The second-order valence-corrected chi connectivity index (χ2v) is 8.93. The number of furan rings is 1. The van der Waals surface area contributed by atoms with Gasteiger partial charge in [0.05, 0.1) is 15.6 Å². The monoisotopic (exact) mass is 468 g/mol. The van der Waals surface area contributed by atoms with Gasteiger partial charge in [0.2, 0.25) is 10.0 Å². The fraction of sp³-hybridized carbons (Fsp3) is 0.333. The maximum Gasteiger partial charge on any atom is 0.331 e. The van der Waals surface area contributed by atoms with Crippen LogP contribution >= 0.6 is 11.6 Å². The Bertz CT molecular complexity index is 1070. The largest absolute Gasteiger partial charge is 0.462 e. The van der Waals surface area contributed by atoms with E-state index in [-0.39, 0.29) is 15.6 Å². The van der Waals surface area contributed by atoms with E-state index in [1.54, 1.807) is 32.9 Å². The molecule has 0 spiro atoms. The van der Waals surface area contributed by atoms with Crippen LogP contribution in [0.25, 0.3) is 6.08 Å². The summed E-state index contributed by atoms with van der Waals surface area (Å²) < 4.78 is 37.1. The first-order chi connectivity index (χ1) is 14.6. The number of halogens is 1. The highest BCUT2D eigenvalue weighted by atomic mass is 35.5. The van der Waals surface area contributed by atoms with Crippen molar-refractivity contribution in [2.24, 2.45) is 0 Å². The van der Waals surface area contributed by atoms with Gasteiger partial charge in [-0.05, 0) is 50.3 Å². The molecule has 1 N–H and O–H groups in total. The minimum absolute atomic E-state index is 0.00257. The Morgan fingerprint density at radius 1 is 1.23 bits per heavy atom. The lowest BCUT2D eigenvalue weighted by Gasteiger charge is -2.19. The number of aryl methyl sites for hydroxylation is 1. The van der Waals surface area contributed by atoms with E-state index in [1.165, 1.54) is 35.5 Å². The van der Waals surface area contributed by atoms with Gasteiger partial charge in [-0.3, -0.25) is 4.79 Å². The molecule has 1 amide bonds. The van der Waals surface area contributed by atoms with E-state index in [9.17, 15) is 18.0 Å². The molecule has 10 heteroatoms. The van der Waals surface area contributed by atoms with E-state index in [0.29, 0.717) is 24.6 Å². The zero-order chi connectivity index (χ0) is 23.2. The number of ether oxygens (including phenoxy) is 1. The Kier molecular flexibility index (Phi) is 8.43. The second-order valence-electron chi connectivity index (χ2n) is 6.58. The molecule has 0 saturated carbocycles. The second kappa shape index (κ2) is 10.6. The number of esters is 1. The third kappa shape index (κ3) is 6.43. The van der Waals surface area contributed by atoms with Crippen LogP contribution in [0.2, 0.25) is 5.02 Å². The van der Waals surface area contributed by atoms with Gasteiger partial charge in [-0.15, -0.1) is 0 Å². The number of rotatable bonds is 9. The van der Waals surface area contributed by atoms with Crippen LogP contribution < -0.4 is 5.32 Å². The molecule has 1 aromatic heterocycles. The first kappa shape index (κ1) is 24.6. The number of hydrogen-bond donors (Lipinski definition) is 1. The number of anilines is 1. The molecule has 31 heavy (non-hydrogen) atoms. The zero-order valence-corrected chi connectivity index (χ0v) is 19.3. The Morgan fingerprint density at radius 3 is 2.48 bits per heavy atom. The molecule has 168 valence electrons. The summed E-state index contributed by atoms with van der Waals surface area (Å²) in [5, 5.41) is 2.66. The highest BCUT2D eigenvalue weighted by Crippen LogP contribution is 2.27. The van der Waals surface area contributed by atoms with Gasteiger partial charge in [-0.2, -0.15) is 4.31 Å². The summed E-state index contributed by atoms with van der Waals surface area (Å²) in [6, 6.07) is 7.48. The van der Waals surface area contributed by atoms with Crippen LogP contribution in [-0.2, 0) is 24.3 Å². The van der Waals surface area contributed by atoms with Crippen molar-refractivity contribution in [2.75, 3.05) is 18.4 Å². The van der Waals surface area contributed by atoms with Gasteiger partial charge in [0.15, 0.2) is 6.10 Å². The van der Waals surface area contributed by atoms with Crippen molar-refractivity contribution < 1.29 is 27.2 Å². The van der Waals surface area contributed by atoms with Crippen molar-refractivity contribution in [3.63, 3.8) is 0 Å². The molecule has 2 aromatic rings. The molecule has 2 rings (SSSR count). The maximum atomic E-state index is 12.7. The van der Waals surface area contributed by atoms with E-state index in [4.69, 9.17) is 20.8 Å². The first-order valence-corrected chi connectivity index (χ1v) is 11.5. The standard InChI is InChI=1S/C21H25ClN2O6S/c1-5-24(6-2)31(27,28)17-10-11-18(22)19(13-17)23-21(26)15(4)30-20(25)12-9-16-8-7-14(3)29-16/h7-13,15H,5-6H2,1-4H3,(H,23,26)/b12-9+. The molecule has 0 radical (unpaired) electrons. The number of hydrogen-bond acceptors (Lipinski definition) is 6. The van der Waals surface area contributed by atoms with Crippen LogP contribution in [0.5, 0.6) is 0 Å². The normalized spacial score (nSPS) is 12.8. The molecule has 0 aliphatic carbocycles. The highest BCUT2D eigenvalue weighted by molar-refractivity contribution is 7.89. The van der Waals surface area contributed by atoms with Crippen LogP contribution in [0.15, 0.2) is 45.7 Å². The van der Waals surface area contributed by atoms with Crippen molar-refractivity contribution in [1.82, 2.24) is 4.31 Å². The Balaban J connectivity index is 2.08. The van der Waals surface area contributed by atoms with Crippen molar-refractivity contribution >= 4 is 45.3 Å². The quantitative estimate of drug-likeness (QED) is 0.442. The lowest BCUT2D eigenvalue weighted by Crippen LogP contribution is -2.31. The lowest BCUT2D eigenvalue weighted by atomic mass is 10.3. The van der Waals surface area contributed by atoms with E-state index < -0.39 is 28.0 Å². The van der Waals surface area contributed by atoms with Crippen LogP contribution in [-0.4, -0.2) is 43.8 Å². The molecular weight excluding hydrogens is 444 g/mol. The summed E-state index contributed by atoms with van der Waals surface area (Å²) in [5.74, 6) is -0.219. The van der Waals surface area contributed by atoms with Crippen LogP contribution in [0.3, 0.4) is 0 Å². The minimum Gasteiger partial charge on any atom is -0.462 e. The molecule has 1 aromatic carbocycles. The highest BCUT2D eigenvalue weighted by Gasteiger charge is 2.24. The number of sulfonamides is 1. The summed E-state index contributed by atoms with van der Waals surface area (Å²) in [6.45, 7) is 7.24. The summed E-state index contributed by atoms with van der Waals surface area (Å²) in [6.07, 6.45) is 1.43. The van der Waals surface area contributed by atoms with Crippen LogP contribution in [0, 0.1) is 6.92 Å². The SMILES string of the molecule is CCN(CC)S(=O)(=O)c1ccc(Cl)c(NC(=O)C(C)OC(=O)/C=C/c2ccc(C)o2)c1. The number of amides is 1. The van der Waals surface area contributed by atoms with Gasteiger partial charge < -0.3 is 14.5 Å². The predicted molar refractivity (Wildman–Crippen MR) is 118 cm³/mol. The van der Waals surface area contributed by atoms with E-state index >= 15 is 0 Å². The third-order valence-electron chi connectivity index (χ3n) is 4.35. The fourth-order valence-electron chi connectivity index (χ4n) is 2.67. The van der Waals surface area contributed by atoms with Crippen molar-refractivity contribution in [3.05, 3.63) is 53.0 Å². The lowest BCUT2D eigenvalue weighted by molar-refractivity contribution is -0.148. The topological polar surface area (TPSA) is 106 Å². The van der Waals surface area contributed by atoms with Gasteiger partial charge in [-0.1, -0.05) is 25.4 Å². The Morgan fingerprint density at radius 2 is 1.90 bits per heavy atom. The molecule has 1 atom stereocenters. The predicted octanol–water partition coefficient (Wildman–Crippen LogP) is 3.86. The van der Waals surface area contributed by atoms with Crippen molar-refractivity contribution in [3.8, 4) is 0 Å². The summed E-state index contributed by atoms with van der Waals surface area (Å²) in [4.78, 5) is 24.4. The number of nitrogens with one attached hydrogen (secondary N) is 1. The van der Waals surface area contributed by atoms with E-state index in [1.807, 2.05) is 0 Å². The number of benzene rings is 1. The van der Waals surface area contributed by atoms with E-state index in [2.05, 4.69) is 5.32 Å². The molecule has 0 bridgehead atoms. The Hall–Kier alpha value is -2.62. The summed E-state index contributed by atoms with van der Waals surface area (Å²) in [5.41, 5.74) is 0.101. The molecule has 0 aliphatic heterocycles. The van der Waals surface area contributed by atoms with Gasteiger partial charge in [0.25, 0.3) is 5.91 Å². The number of nitrogens with zero attached hydrogens (tertiary/aromatic N) is 1. The van der Waals surface area contributed by atoms with Gasteiger partial charge >= 0.3 is 5.97 Å². The van der Waals surface area contributed by atoms with Crippen LogP contribution in [0.1, 0.15) is 32.3 Å². The third-order valence-corrected chi connectivity index (χ3v) is 6.72. The number of carbonyl (C=O) groups excluding carboxylic acids is 2. The summed E-state index contributed by atoms with van der Waals surface area (Å²) in [7, 11) is -3.73. The molecule has 0 saturated heterocycles. The van der Waals surface area contributed by atoms with Gasteiger partial charge in [0, 0.05) is 19.2 Å². The smallest absolute Gasteiger partial charge is 0.331 e.